The van der Waals surface area contributed by atoms with Crippen molar-refractivity contribution in [1.82, 2.24) is 20.0 Å². The summed E-state index contributed by atoms with van der Waals surface area (Å²) >= 11 is 0. The van der Waals surface area contributed by atoms with Gasteiger partial charge in [-0.3, -0.25) is 14.7 Å². The number of benzene rings is 1. The fourth-order valence-corrected chi connectivity index (χ4v) is 3.93. The highest BCUT2D eigenvalue weighted by molar-refractivity contribution is 5.80. The van der Waals surface area contributed by atoms with E-state index >= 15 is 0 Å². The Morgan fingerprint density at radius 1 is 1.03 bits per heavy atom. The van der Waals surface area contributed by atoms with Crippen molar-refractivity contribution in [3.8, 4) is 0 Å². The molecule has 2 heterocycles. The number of guanidine groups is 1. The average Bonchev–Trinajstić information content (AvgIpc) is 2.75. The van der Waals surface area contributed by atoms with Crippen LogP contribution < -0.4 is 5.32 Å². The molecule has 2 fully saturated rings. The zero-order valence-electron chi connectivity index (χ0n) is 17.2. The summed E-state index contributed by atoms with van der Waals surface area (Å²) in [7, 11) is 1.72. The van der Waals surface area contributed by atoms with Crippen LogP contribution in [0.5, 0.6) is 0 Å². The van der Waals surface area contributed by atoms with Gasteiger partial charge in [0.25, 0.3) is 0 Å². The Bertz CT molecular complexity index is 713. The van der Waals surface area contributed by atoms with Crippen molar-refractivity contribution >= 4 is 11.9 Å². The van der Waals surface area contributed by atoms with Gasteiger partial charge in [0.15, 0.2) is 5.96 Å². The van der Waals surface area contributed by atoms with Crippen molar-refractivity contribution in [2.45, 2.75) is 25.7 Å². The number of hydrogen-bond acceptors (Lipinski definition) is 3. The van der Waals surface area contributed by atoms with Gasteiger partial charge in [0.1, 0.15) is 11.6 Å². The summed E-state index contributed by atoms with van der Waals surface area (Å²) in [4.78, 5) is 23.1. The molecule has 3 rings (SSSR count). The van der Waals surface area contributed by atoms with Gasteiger partial charge in [0.05, 0.1) is 6.54 Å². The minimum atomic E-state index is -0.430. The minimum absolute atomic E-state index is 0.234. The van der Waals surface area contributed by atoms with E-state index in [4.69, 9.17) is 0 Å². The Labute approximate surface area is 171 Å². The second-order valence-corrected chi connectivity index (χ2v) is 7.66. The lowest BCUT2D eigenvalue weighted by atomic mass is 10.1. The Balaban J connectivity index is 1.41. The molecule has 0 bridgehead atoms. The third-order valence-corrected chi connectivity index (χ3v) is 5.64. The topological polar surface area (TPSA) is 51.2 Å². The van der Waals surface area contributed by atoms with Crippen molar-refractivity contribution in [3.05, 3.63) is 35.4 Å². The van der Waals surface area contributed by atoms with E-state index in [0.29, 0.717) is 25.1 Å². The highest BCUT2D eigenvalue weighted by Crippen LogP contribution is 2.11. The number of carbonyl (C=O) groups excluding carboxylic acids is 1. The van der Waals surface area contributed by atoms with E-state index in [1.54, 1.807) is 7.05 Å². The summed E-state index contributed by atoms with van der Waals surface area (Å²) in [5.41, 5.74) is 0.356. The lowest BCUT2D eigenvalue weighted by molar-refractivity contribution is -0.133. The van der Waals surface area contributed by atoms with Crippen LogP contribution in [-0.4, -0.2) is 86.0 Å². The molecule has 0 spiro atoms. The number of likely N-dealkylation sites (tertiary alicyclic amines) is 1. The number of piperidine rings is 1. The largest absolute Gasteiger partial charge is 0.356 e. The zero-order chi connectivity index (χ0) is 20.6. The zero-order valence-corrected chi connectivity index (χ0v) is 17.2. The number of nitrogens with zero attached hydrogens (tertiary/aromatic N) is 4. The van der Waals surface area contributed by atoms with Crippen LogP contribution in [0.25, 0.3) is 0 Å². The van der Waals surface area contributed by atoms with E-state index in [2.05, 4.69) is 20.1 Å². The molecule has 1 N–H and O–H groups in total. The normalized spacial score (nSPS) is 18.8. The van der Waals surface area contributed by atoms with Crippen molar-refractivity contribution < 1.29 is 13.6 Å². The fraction of sp³-hybridized carbons (Fsp3) is 0.619. The van der Waals surface area contributed by atoms with Crippen LogP contribution in [0.4, 0.5) is 8.78 Å². The fourth-order valence-electron chi connectivity index (χ4n) is 3.93. The molecule has 0 aliphatic carbocycles. The van der Waals surface area contributed by atoms with Crippen LogP contribution in [0.3, 0.4) is 0 Å². The first-order valence-corrected chi connectivity index (χ1v) is 10.5. The quantitative estimate of drug-likeness (QED) is 0.597. The maximum absolute atomic E-state index is 13.7. The lowest BCUT2D eigenvalue weighted by Gasteiger charge is -2.37. The van der Waals surface area contributed by atoms with E-state index in [9.17, 15) is 13.6 Å². The Kier molecular flexibility index (Phi) is 7.80. The number of rotatable bonds is 5. The third-order valence-electron chi connectivity index (χ3n) is 5.64. The number of aliphatic imine (C=N–C) groups is 1. The van der Waals surface area contributed by atoms with Gasteiger partial charge in [-0.1, -0.05) is 0 Å². The average molecular weight is 408 g/mol. The summed E-state index contributed by atoms with van der Waals surface area (Å²) in [6.45, 7) is 5.90. The van der Waals surface area contributed by atoms with Crippen LogP contribution in [0.15, 0.2) is 23.2 Å². The molecule has 2 aliphatic heterocycles. The second-order valence-electron chi connectivity index (χ2n) is 7.66. The molecule has 8 heteroatoms. The lowest BCUT2D eigenvalue weighted by Crippen LogP contribution is -2.54. The van der Waals surface area contributed by atoms with Gasteiger partial charge in [0.2, 0.25) is 5.91 Å². The van der Waals surface area contributed by atoms with Gasteiger partial charge >= 0.3 is 0 Å². The van der Waals surface area contributed by atoms with Crippen LogP contribution in [0.1, 0.15) is 24.8 Å². The van der Waals surface area contributed by atoms with Gasteiger partial charge in [0, 0.05) is 52.9 Å². The van der Waals surface area contributed by atoms with Crippen LogP contribution >= 0.6 is 0 Å². The summed E-state index contributed by atoms with van der Waals surface area (Å²) in [6, 6.07) is 3.52. The molecule has 1 amide bonds. The first-order valence-electron chi connectivity index (χ1n) is 10.5. The Morgan fingerprint density at radius 2 is 1.76 bits per heavy atom. The Morgan fingerprint density at radius 3 is 2.45 bits per heavy atom. The standard InChI is InChI=1S/C21H31F2N5O/c1-24-21(25-8-7-17-15-18(22)5-6-19(17)23)28-13-11-26(12-14-28)16-20(29)27-9-3-2-4-10-27/h5-6,15H,2-4,7-14,16H2,1H3,(H,24,25). The monoisotopic (exact) mass is 407 g/mol. The number of nitrogens with one attached hydrogen (secondary N) is 1. The van der Waals surface area contributed by atoms with Crippen LogP contribution in [0.2, 0.25) is 0 Å². The number of halogens is 2. The molecule has 6 nitrogen and oxygen atoms in total. The maximum Gasteiger partial charge on any atom is 0.236 e. The molecular weight excluding hydrogens is 376 g/mol. The number of carbonyl (C=O) groups is 1. The molecule has 1 aromatic rings. The van der Waals surface area contributed by atoms with E-state index < -0.39 is 11.6 Å². The summed E-state index contributed by atoms with van der Waals surface area (Å²) in [6.07, 6.45) is 3.83. The number of piperazine rings is 1. The Hall–Kier alpha value is -2.22. The highest BCUT2D eigenvalue weighted by Gasteiger charge is 2.24. The molecule has 29 heavy (non-hydrogen) atoms. The molecule has 2 aliphatic rings. The van der Waals surface area contributed by atoms with E-state index in [1.807, 2.05) is 4.90 Å². The van der Waals surface area contributed by atoms with Crippen LogP contribution in [-0.2, 0) is 11.2 Å². The van der Waals surface area contributed by atoms with Gasteiger partial charge in [-0.2, -0.15) is 0 Å². The number of amides is 1. The predicted octanol–water partition coefficient (Wildman–Crippen LogP) is 1.71. The van der Waals surface area contributed by atoms with Crippen molar-refractivity contribution in [1.29, 1.82) is 0 Å². The maximum atomic E-state index is 13.7. The molecule has 0 aromatic heterocycles. The molecule has 2 saturated heterocycles. The van der Waals surface area contributed by atoms with E-state index in [1.165, 1.54) is 12.5 Å². The molecule has 160 valence electrons. The third kappa shape index (κ3) is 6.13. The van der Waals surface area contributed by atoms with E-state index in [-0.39, 0.29) is 5.91 Å². The summed E-state index contributed by atoms with van der Waals surface area (Å²) in [5, 5.41) is 3.23. The highest BCUT2D eigenvalue weighted by atomic mass is 19.1. The minimum Gasteiger partial charge on any atom is -0.356 e. The van der Waals surface area contributed by atoms with E-state index in [0.717, 1.165) is 70.2 Å². The molecule has 1 aromatic carbocycles. The molecule has 0 atom stereocenters. The smallest absolute Gasteiger partial charge is 0.236 e. The van der Waals surface area contributed by atoms with Crippen molar-refractivity contribution in [3.63, 3.8) is 0 Å². The number of hydrogen-bond donors (Lipinski definition) is 1. The molecule has 0 saturated carbocycles. The first kappa shape index (κ1) is 21.5. The predicted molar refractivity (Wildman–Crippen MR) is 110 cm³/mol. The molecule has 0 unspecified atom stereocenters. The first-order chi connectivity index (χ1) is 14.1. The van der Waals surface area contributed by atoms with Crippen LogP contribution in [0, 0.1) is 11.6 Å². The summed E-state index contributed by atoms with van der Waals surface area (Å²) in [5.74, 6) is 0.165. The molecule has 0 radical (unpaired) electrons. The SMILES string of the molecule is CN=C(NCCc1cc(F)ccc1F)N1CCN(CC(=O)N2CCCCC2)CC1. The van der Waals surface area contributed by atoms with Crippen molar-refractivity contribution in [2.75, 3.05) is 59.4 Å². The molecular formula is C21H31F2N5O. The van der Waals surface area contributed by atoms with Gasteiger partial charge < -0.3 is 15.1 Å². The van der Waals surface area contributed by atoms with Gasteiger partial charge in [-0.05, 0) is 49.4 Å². The van der Waals surface area contributed by atoms with Crippen molar-refractivity contribution in [2.24, 2.45) is 4.99 Å². The van der Waals surface area contributed by atoms with Gasteiger partial charge in [-0.15, -0.1) is 0 Å². The second kappa shape index (κ2) is 10.5. The van der Waals surface area contributed by atoms with Gasteiger partial charge in [-0.25, -0.2) is 8.78 Å². The summed E-state index contributed by atoms with van der Waals surface area (Å²) < 4.78 is 27.0.